The molecule has 0 fully saturated rings. The van der Waals surface area contributed by atoms with Gasteiger partial charge in [0.25, 0.3) is 0 Å². The molecule has 8 heteroatoms. The summed E-state index contributed by atoms with van der Waals surface area (Å²) in [5.41, 5.74) is 2.12. The fourth-order valence-electron chi connectivity index (χ4n) is 2.55. The molecular weight excluding hydrogens is 376 g/mol. The summed E-state index contributed by atoms with van der Waals surface area (Å²) < 4.78 is 16.0. The van der Waals surface area contributed by atoms with Crippen molar-refractivity contribution >= 4 is 17.3 Å². The Labute approximate surface area is 171 Å². The van der Waals surface area contributed by atoms with E-state index in [0.29, 0.717) is 26.3 Å². The van der Waals surface area contributed by atoms with E-state index in [2.05, 4.69) is 31.6 Å². The van der Waals surface area contributed by atoms with E-state index in [1.807, 2.05) is 32.2 Å². The Morgan fingerprint density at radius 3 is 2.86 bits per heavy atom. The number of aliphatic imine (C=N–C) groups is 1. The maximum Gasteiger partial charge on any atom is 0.194 e. The van der Waals surface area contributed by atoms with Gasteiger partial charge < -0.3 is 24.4 Å². The third-order valence-electron chi connectivity index (χ3n) is 4.15. The highest BCUT2D eigenvalue weighted by atomic mass is 32.1. The van der Waals surface area contributed by atoms with Crippen LogP contribution in [0.15, 0.2) is 34.6 Å². The van der Waals surface area contributed by atoms with Crippen molar-refractivity contribution in [2.24, 2.45) is 4.99 Å². The molecule has 0 saturated heterocycles. The van der Waals surface area contributed by atoms with Crippen molar-refractivity contribution in [3.63, 3.8) is 0 Å². The SMILES string of the molecule is CN=C(NCc1cccc(OCCOC)c1)N(C)Cc1csc(C(C)OC)n1. The Balaban J connectivity index is 1.89. The van der Waals surface area contributed by atoms with Crippen molar-refractivity contribution in [2.45, 2.75) is 26.1 Å². The first-order chi connectivity index (χ1) is 13.6. The second-order valence-electron chi connectivity index (χ2n) is 6.30. The van der Waals surface area contributed by atoms with Crippen LogP contribution in [0.2, 0.25) is 0 Å². The van der Waals surface area contributed by atoms with E-state index in [1.165, 1.54) is 0 Å². The molecule has 0 bridgehead atoms. The molecule has 1 N–H and O–H groups in total. The first-order valence-corrected chi connectivity index (χ1v) is 10.0. The van der Waals surface area contributed by atoms with E-state index < -0.39 is 0 Å². The molecule has 154 valence electrons. The van der Waals surface area contributed by atoms with Crippen molar-refractivity contribution in [1.29, 1.82) is 0 Å². The Bertz CT molecular complexity index is 751. The first kappa shape index (κ1) is 22.1. The Morgan fingerprint density at radius 2 is 2.14 bits per heavy atom. The van der Waals surface area contributed by atoms with Crippen LogP contribution >= 0.6 is 11.3 Å². The van der Waals surface area contributed by atoms with E-state index in [9.17, 15) is 0 Å². The van der Waals surface area contributed by atoms with Gasteiger partial charge in [-0.2, -0.15) is 0 Å². The molecule has 28 heavy (non-hydrogen) atoms. The zero-order chi connectivity index (χ0) is 20.4. The normalized spacial score (nSPS) is 12.7. The van der Waals surface area contributed by atoms with Gasteiger partial charge in [0.1, 0.15) is 23.5 Å². The van der Waals surface area contributed by atoms with Gasteiger partial charge in [0, 0.05) is 40.2 Å². The fourth-order valence-corrected chi connectivity index (χ4v) is 3.40. The van der Waals surface area contributed by atoms with Crippen molar-refractivity contribution < 1.29 is 14.2 Å². The quantitative estimate of drug-likeness (QED) is 0.372. The number of ether oxygens (including phenoxy) is 3. The lowest BCUT2D eigenvalue weighted by Crippen LogP contribution is -2.38. The van der Waals surface area contributed by atoms with Crippen LogP contribution in [0, 0.1) is 0 Å². The molecule has 0 saturated carbocycles. The topological polar surface area (TPSA) is 68.2 Å². The maximum absolute atomic E-state index is 5.67. The molecule has 0 radical (unpaired) electrons. The number of rotatable bonds is 10. The lowest BCUT2D eigenvalue weighted by Gasteiger charge is -2.21. The number of aromatic nitrogens is 1. The molecule has 2 rings (SSSR count). The van der Waals surface area contributed by atoms with Crippen molar-refractivity contribution in [3.05, 3.63) is 45.9 Å². The first-order valence-electron chi connectivity index (χ1n) is 9.17. The van der Waals surface area contributed by atoms with Crippen molar-refractivity contribution in [1.82, 2.24) is 15.2 Å². The molecule has 1 unspecified atom stereocenters. The minimum absolute atomic E-state index is 0.0138. The average molecular weight is 407 g/mol. The van der Waals surface area contributed by atoms with E-state index in [4.69, 9.17) is 14.2 Å². The number of hydrogen-bond acceptors (Lipinski definition) is 6. The van der Waals surface area contributed by atoms with Crippen LogP contribution < -0.4 is 10.1 Å². The van der Waals surface area contributed by atoms with Gasteiger partial charge in [-0.15, -0.1) is 11.3 Å². The number of hydrogen-bond donors (Lipinski definition) is 1. The summed E-state index contributed by atoms with van der Waals surface area (Å²) in [5, 5.41) is 6.44. The number of methoxy groups -OCH3 is 2. The summed E-state index contributed by atoms with van der Waals surface area (Å²) >= 11 is 1.62. The highest BCUT2D eigenvalue weighted by Gasteiger charge is 2.12. The van der Waals surface area contributed by atoms with Gasteiger partial charge in [-0.25, -0.2) is 4.98 Å². The fraction of sp³-hybridized carbons (Fsp3) is 0.500. The zero-order valence-corrected chi connectivity index (χ0v) is 18.1. The summed E-state index contributed by atoms with van der Waals surface area (Å²) in [6.07, 6.45) is 0.0138. The highest BCUT2D eigenvalue weighted by molar-refractivity contribution is 7.09. The minimum Gasteiger partial charge on any atom is -0.491 e. The van der Waals surface area contributed by atoms with Crippen LogP contribution in [0.1, 0.15) is 29.3 Å². The average Bonchev–Trinajstić information content (AvgIpc) is 3.17. The molecular formula is C20H30N4O3S. The Hall–Kier alpha value is -2.16. The van der Waals surface area contributed by atoms with Gasteiger partial charge in [-0.1, -0.05) is 12.1 Å². The largest absolute Gasteiger partial charge is 0.491 e. The predicted molar refractivity (Wildman–Crippen MR) is 113 cm³/mol. The maximum atomic E-state index is 5.67. The Kier molecular flexibility index (Phi) is 9.19. The van der Waals surface area contributed by atoms with Crippen LogP contribution in [0.25, 0.3) is 0 Å². The van der Waals surface area contributed by atoms with Crippen LogP contribution in [0.4, 0.5) is 0 Å². The van der Waals surface area contributed by atoms with Crippen LogP contribution in [-0.4, -0.2) is 57.4 Å². The summed E-state index contributed by atoms with van der Waals surface area (Å²) in [6, 6.07) is 8.01. The summed E-state index contributed by atoms with van der Waals surface area (Å²) in [4.78, 5) is 11.1. The third-order valence-corrected chi connectivity index (χ3v) is 5.20. The molecule has 0 aliphatic carbocycles. The summed E-state index contributed by atoms with van der Waals surface area (Å²) in [7, 11) is 7.14. The van der Waals surface area contributed by atoms with E-state index in [1.54, 1.807) is 32.6 Å². The number of benzene rings is 1. The van der Waals surface area contributed by atoms with E-state index >= 15 is 0 Å². The zero-order valence-electron chi connectivity index (χ0n) is 17.3. The van der Waals surface area contributed by atoms with Crippen LogP contribution in [0.3, 0.4) is 0 Å². The third kappa shape index (κ3) is 6.78. The molecule has 2 aromatic rings. The van der Waals surface area contributed by atoms with Gasteiger partial charge in [0.05, 0.1) is 18.8 Å². The second kappa shape index (κ2) is 11.6. The standard InChI is InChI=1S/C20H30N4O3S/c1-15(26-5)19-23-17(14-28-19)13-24(3)20(21-2)22-12-16-7-6-8-18(11-16)27-10-9-25-4/h6-8,11,14-15H,9-10,12-13H2,1-5H3,(H,21,22). The number of guanidine groups is 1. The van der Waals surface area contributed by atoms with Gasteiger partial charge in [-0.05, 0) is 24.6 Å². The van der Waals surface area contributed by atoms with Crippen LogP contribution in [0.5, 0.6) is 5.75 Å². The Morgan fingerprint density at radius 1 is 1.32 bits per heavy atom. The summed E-state index contributed by atoms with van der Waals surface area (Å²) in [5.74, 6) is 1.64. The van der Waals surface area contributed by atoms with Gasteiger partial charge in [0.15, 0.2) is 5.96 Å². The number of nitrogens with zero attached hydrogens (tertiary/aromatic N) is 3. The summed E-state index contributed by atoms with van der Waals surface area (Å²) in [6.45, 7) is 4.44. The van der Waals surface area contributed by atoms with Crippen molar-refractivity contribution in [3.8, 4) is 5.75 Å². The predicted octanol–water partition coefficient (Wildman–Crippen LogP) is 3.08. The molecule has 0 aliphatic rings. The minimum atomic E-state index is 0.0138. The molecule has 1 atom stereocenters. The lowest BCUT2D eigenvalue weighted by atomic mass is 10.2. The van der Waals surface area contributed by atoms with Crippen LogP contribution in [-0.2, 0) is 22.6 Å². The molecule has 1 aromatic carbocycles. The lowest BCUT2D eigenvalue weighted by molar-refractivity contribution is 0.119. The smallest absolute Gasteiger partial charge is 0.194 e. The second-order valence-corrected chi connectivity index (χ2v) is 7.19. The monoisotopic (exact) mass is 406 g/mol. The number of thiazole rings is 1. The molecule has 1 heterocycles. The number of nitrogens with one attached hydrogen (secondary N) is 1. The molecule has 0 aliphatic heterocycles. The highest BCUT2D eigenvalue weighted by Crippen LogP contribution is 2.21. The van der Waals surface area contributed by atoms with E-state index in [-0.39, 0.29) is 6.10 Å². The molecule has 0 spiro atoms. The molecule has 7 nitrogen and oxygen atoms in total. The molecule has 1 aromatic heterocycles. The molecule has 0 amide bonds. The van der Waals surface area contributed by atoms with E-state index in [0.717, 1.165) is 28.0 Å². The van der Waals surface area contributed by atoms with Crippen molar-refractivity contribution in [2.75, 3.05) is 41.5 Å². The van der Waals surface area contributed by atoms with Gasteiger partial charge >= 0.3 is 0 Å². The van der Waals surface area contributed by atoms with Gasteiger partial charge in [0.2, 0.25) is 0 Å². The van der Waals surface area contributed by atoms with Gasteiger partial charge in [-0.3, -0.25) is 4.99 Å².